The quantitative estimate of drug-likeness (QED) is 0.804. The standard InChI is InChI=1S/C18H20N2O4S/c1-12(2)20(11-16(21)24-3)18(23)13-6-4-7-14(10-13)19-17(22)15-8-5-9-25-15/h4-10,12H,11H2,1-3H3,(H,19,22). The molecule has 2 rings (SSSR count). The van der Waals surface area contributed by atoms with Crippen LogP contribution in [0.3, 0.4) is 0 Å². The maximum absolute atomic E-state index is 12.7. The Bertz CT molecular complexity index is 756. The summed E-state index contributed by atoms with van der Waals surface area (Å²) in [5.74, 6) is -1.01. The number of rotatable bonds is 6. The number of carbonyl (C=O) groups excluding carboxylic acids is 3. The Morgan fingerprint density at radius 2 is 1.96 bits per heavy atom. The van der Waals surface area contributed by atoms with Crippen LogP contribution in [-0.2, 0) is 9.53 Å². The van der Waals surface area contributed by atoms with Gasteiger partial charge in [0.15, 0.2) is 0 Å². The smallest absolute Gasteiger partial charge is 0.325 e. The summed E-state index contributed by atoms with van der Waals surface area (Å²) in [6, 6.07) is 10.0. The van der Waals surface area contributed by atoms with Crippen LogP contribution in [0.25, 0.3) is 0 Å². The van der Waals surface area contributed by atoms with Gasteiger partial charge in [-0.05, 0) is 43.5 Å². The van der Waals surface area contributed by atoms with Gasteiger partial charge in [0, 0.05) is 17.3 Å². The summed E-state index contributed by atoms with van der Waals surface area (Å²) in [5, 5.41) is 4.59. The first kappa shape index (κ1) is 18.7. The van der Waals surface area contributed by atoms with Crippen molar-refractivity contribution < 1.29 is 19.1 Å². The summed E-state index contributed by atoms with van der Waals surface area (Å²) in [4.78, 5) is 38.4. The van der Waals surface area contributed by atoms with E-state index in [1.165, 1.54) is 23.3 Å². The molecule has 1 N–H and O–H groups in total. The van der Waals surface area contributed by atoms with E-state index in [2.05, 4.69) is 10.1 Å². The lowest BCUT2D eigenvalue weighted by Gasteiger charge is -2.25. The van der Waals surface area contributed by atoms with Gasteiger partial charge < -0.3 is 15.0 Å². The van der Waals surface area contributed by atoms with E-state index in [1.807, 2.05) is 19.2 Å². The van der Waals surface area contributed by atoms with E-state index in [0.717, 1.165) is 0 Å². The number of nitrogens with one attached hydrogen (secondary N) is 1. The van der Waals surface area contributed by atoms with Gasteiger partial charge in [0.1, 0.15) is 6.54 Å². The van der Waals surface area contributed by atoms with Gasteiger partial charge in [0.2, 0.25) is 0 Å². The van der Waals surface area contributed by atoms with E-state index >= 15 is 0 Å². The Balaban J connectivity index is 2.17. The molecule has 0 aliphatic heterocycles. The summed E-state index contributed by atoms with van der Waals surface area (Å²) in [6.45, 7) is 3.52. The molecule has 0 aliphatic rings. The minimum Gasteiger partial charge on any atom is -0.468 e. The second kappa shape index (κ2) is 8.43. The van der Waals surface area contributed by atoms with Gasteiger partial charge >= 0.3 is 5.97 Å². The van der Waals surface area contributed by atoms with Crippen molar-refractivity contribution in [2.75, 3.05) is 19.0 Å². The Kier molecular flexibility index (Phi) is 6.30. The van der Waals surface area contributed by atoms with Crippen molar-refractivity contribution in [3.8, 4) is 0 Å². The van der Waals surface area contributed by atoms with Gasteiger partial charge in [-0.2, -0.15) is 0 Å². The van der Waals surface area contributed by atoms with Crippen LogP contribution >= 0.6 is 11.3 Å². The fourth-order valence-electron chi connectivity index (χ4n) is 2.19. The molecule has 2 amide bonds. The maximum Gasteiger partial charge on any atom is 0.325 e. The van der Waals surface area contributed by atoms with Gasteiger partial charge in [0.05, 0.1) is 12.0 Å². The van der Waals surface area contributed by atoms with E-state index in [9.17, 15) is 14.4 Å². The second-order valence-corrected chi connectivity index (χ2v) is 6.56. The number of nitrogens with zero attached hydrogens (tertiary/aromatic N) is 1. The van der Waals surface area contributed by atoms with Crippen molar-refractivity contribution in [2.45, 2.75) is 19.9 Å². The lowest BCUT2D eigenvalue weighted by atomic mass is 10.1. The molecule has 0 atom stereocenters. The number of amides is 2. The molecule has 0 saturated carbocycles. The highest BCUT2D eigenvalue weighted by atomic mass is 32.1. The lowest BCUT2D eigenvalue weighted by Crippen LogP contribution is -2.41. The van der Waals surface area contributed by atoms with Gasteiger partial charge in [-0.25, -0.2) is 0 Å². The number of ether oxygens (including phenoxy) is 1. The van der Waals surface area contributed by atoms with Crippen molar-refractivity contribution in [1.82, 2.24) is 4.90 Å². The third kappa shape index (κ3) is 4.90. The SMILES string of the molecule is COC(=O)CN(C(=O)c1cccc(NC(=O)c2cccs2)c1)C(C)C. The molecule has 25 heavy (non-hydrogen) atoms. The van der Waals surface area contributed by atoms with E-state index in [1.54, 1.807) is 36.4 Å². The molecule has 0 aliphatic carbocycles. The second-order valence-electron chi connectivity index (χ2n) is 5.62. The predicted molar refractivity (Wildman–Crippen MR) is 96.9 cm³/mol. The van der Waals surface area contributed by atoms with Crippen LogP contribution in [0.4, 0.5) is 5.69 Å². The van der Waals surface area contributed by atoms with Gasteiger partial charge in [-0.1, -0.05) is 12.1 Å². The van der Waals surface area contributed by atoms with Crippen molar-refractivity contribution in [3.05, 3.63) is 52.2 Å². The molecule has 1 heterocycles. The van der Waals surface area contributed by atoms with Crippen LogP contribution in [0.15, 0.2) is 41.8 Å². The molecule has 7 heteroatoms. The van der Waals surface area contributed by atoms with Crippen molar-refractivity contribution in [3.63, 3.8) is 0 Å². The summed E-state index contributed by atoms with van der Waals surface area (Å²) >= 11 is 1.34. The average Bonchev–Trinajstić information content (AvgIpc) is 3.13. The monoisotopic (exact) mass is 360 g/mol. The van der Waals surface area contributed by atoms with E-state index in [4.69, 9.17) is 0 Å². The zero-order valence-corrected chi connectivity index (χ0v) is 15.1. The molecule has 132 valence electrons. The number of benzene rings is 1. The molecule has 0 unspecified atom stereocenters. The third-order valence-electron chi connectivity index (χ3n) is 3.52. The van der Waals surface area contributed by atoms with E-state index < -0.39 is 5.97 Å². The molecule has 2 aromatic rings. The maximum atomic E-state index is 12.7. The molecule has 6 nitrogen and oxygen atoms in total. The highest BCUT2D eigenvalue weighted by Gasteiger charge is 2.22. The average molecular weight is 360 g/mol. The Hall–Kier alpha value is -2.67. The largest absolute Gasteiger partial charge is 0.468 e. The highest BCUT2D eigenvalue weighted by Crippen LogP contribution is 2.17. The molecular weight excluding hydrogens is 340 g/mol. The number of thiophene rings is 1. The number of hydrogen-bond donors (Lipinski definition) is 1. The summed E-state index contributed by atoms with van der Waals surface area (Å²) in [6.07, 6.45) is 0. The minimum atomic E-state index is -0.482. The first-order valence-corrected chi connectivity index (χ1v) is 8.63. The molecular formula is C18H20N2O4S. The molecule has 0 saturated heterocycles. The summed E-state index contributed by atoms with van der Waals surface area (Å²) < 4.78 is 4.65. The molecule has 0 spiro atoms. The first-order chi connectivity index (χ1) is 11.9. The van der Waals surface area contributed by atoms with Gasteiger partial charge in [0.25, 0.3) is 11.8 Å². The fourth-order valence-corrected chi connectivity index (χ4v) is 2.81. The van der Waals surface area contributed by atoms with Crippen LogP contribution in [0.1, 0.15) is 33.9 Å². The predicted octanol–water partition coefficient (Wildman–Crippen LogP) is 3.02. The zero-order valence-electron chi connectivity index (χ0n) is 14.3. The fraction of sp³-hybridized carbons (Fsp3) is 0.278. The van der Waals surface area contributed by atoms with Crippen molar-refractivity contribution >= 4 is 34.8 Å². The van der Waals surface area contributed by atoms with Crippen LogP contribution < -0.4 is 5.32 Å². The number of hydrogen-bond acceptors (Lipinski definition) is 5. The topological polar surface area (TPSA) is 75.7 Å². The van der Waals surface area contributed by atoms with E-state index in [0.29, 0.717) is 16.1 Å². The highest BCUT2D eigenvalue weighted by molar-refractivity contribution is 7.12. The molecule has 0 fully saturated rings. The molecule has 1 aromatic carbocycles. The normalized spacial score (nSPS) is 10.4. The van der Waals surface area contributed by atoms with Crippen molar-refractivity contribution in [2.24, 2.45) is 0 Å². The molecule has 0 radical (unpaired) electrons. The minimum absolute atomic E-state index is 0.126. The number of anilines is 1. The van der Waals surface area contributed by atoms with E-state index in [-0.39, 0.29) is 24.4 Å². The number of methoxy groups -OCH3 is 1. The van der Waals surface area contributed by atoms with Crippen LogP contribution in [0.2, 0.25) is 0 Å². The first-order valence-electron chi connectivity index (χ1n) is 7.75. The number of esters is 1. The van der Waals surface area contributed by atoms with Crippen molar-refractivity contribution in [1.29, 1.82) is 0 Å². The molecule has 0 bridgehead atoms. The van der Waals surface area contributed by atoms with Gasteiger partial charge in [-0.3, -0.25) is 14.4 Å². The van der Waals surface area contributed by atoms with Crippen LogP contribution in [0.5, 0.6) is 0 Å². The summed E-state index contributed by atoms with van der Waals surface area (Å²) in [5.41, 5.74) is 0.910. The Morgan fingerprint density at radius 1 is 1.20 bits per heavy atom. The van der Waals surface area contributed by atoms with Crippen LogP contribution in [0, 0.1) is 0 Å². The third-order valence-corrected chi connectivity index (χ3v) is 4.39. The van der Waals surface area contributed by atoms with Gasteiger partial charge in [-0.15, -0.1) is 11.3 Å². The molecule has 1 aromatic heterocycles. The number of carbonyl (C=O) groups is 3. The summed E-state index contributed by atoms with van der Waals surface area (Å²) in [7, 11) is 1.28. The zero-order chi connectivity index (χ0) is 18.4. The lowest BCUT2D eigenvalue weighted by molar-refractivity contribution is -0.141. The van der Waals surface area contributed by atoms with Crippen LogP contribution in [-0.4, -0.2) is 42.4 Å². The Labute approximate surface area is 150 Å². The Morgan fingerprint density at radius 3 is 2.56 bits per heavy atom.